The number of carbonyl (C=O) groups is 2. The van der Waals surface area contributed by atoms with Crippen LogP contribution in [0.1, 0.15) is 44.2 Å². The Balaban J connectivity index is 1.54. The number of carbonyl (C=O) groups excluding carboxylic acids is 2. The minimum Gasteiger partial charge on any atom is -0.355 e. The molecule has 1 N–H and O–H groups in total. The van der Waals surface area contributed by atoms with E-state index in [0.29, 0.717) is 24.7 Å². The van der Waals surface area contributed by atoms with E-state index in [9.17, 15) is 18.4 Å². The highest BCUT2D eigenvalue weighted by Gasteiger charge is 2.31. The number of hydrogen-bond acceptors (Lipinski definition) is 2. The summed E-state index contributed by atoms with van der Waals surface area (Å²) >= 11 is 0. The maximum atomic E-state index is 13.5. The molecule has 1 heterocycles. The molecule has 0 aromatic heterocycles. The zero-order valence-corrected chi connectivity index (χ0v) is 17.6. The molecule has 2 aromatic rings. The lowest BCUT2D eigenvalue weighted by atomic mass is 9.96. The molecule has 1 saturated heterocycles. The van der Waals surface area contributed by atoms with Crippen molar-refractivity contribution in [1.29, 1.82) is 0 Å². The highest BCUT2D eigenvalue weighted by molar-refractivity contribution is 5.95. The Morgan fingerprint density at radius 3 is 2.43 bits per heavy atom. The number of halogens is 2. The van der Waals surface area contributed by atoms with E-state index < -0.39 is 11.6 Å². The van der Waals surface area contributed by atoms with Crippen molar-refractivity contribution in [2.75, 3.05) is 18.0 Å². The van der Waals surface area contributed by atoms with Crippen LogP contribution >= 0.6 is 0 Å². The van der Waals surface area contributed by atoms with Gasteiger partial charge in [0.1, 0.15) is 0 Å². The fraction of sp³-hybridized carbons (Fsp3) is 0.417. The standard InChI is InChI=1S/C24H28F2N2O2/c1-15(2)10-17-4-6-19(7-5-17)16(3)24(30)27-13-18-11-23(29)28(14-18)20-8-9-21(25)22(26)12-20/h4-9,12,15-16,18H,10-11,13-14H2,1-3H3,(H,27,30). The summed E-state index contributed by atoms with van der Waals surface area (Å²) in [7, 11) is 0. The maximum Gasteiger partial charge on any atom is 0.227 e. The Morgan fingerprint density at radius 1 is 1.10 bits per heavy atom. The van der Waals surface area contributed by atoms with E-state index in [1.807, 2.05) is 19.1 Å². The molecule has 1 aliphatic rings. The van der Waals surface area contributed by atoms with Gasteiger partial charge in [-0.25, -0.2) is 8.78 Å². The van der Waals surface area contributed by atoms with Crippen LogP contribution in [0, 0.1) is 23.5 Å². The third-order valence-corrected chi connectivity index (χ3v) is 5.50. The minimum absolute atomic E-state index is 0.0739. The van der Waals surface area contributed by atoms with Crippen LogP contribution in [0.25, 0.3) is 0 Å². The molecular formula is C24H28F2N2O2. The molecule has 1 fully saturated rings. The van der Waals surface area contributed by atoms with Crippen LogP contribution in [0.4, 0.5) is 14.5 Å². The zero-order valence-electron chi connectivity index (χ0n) is 17.6. The molecule has 6 heteroatoms. The van der Waals surface area contributed by atoms with Gasteiger partial charge in [0.25, 0.3) is 0 Å². The molecule has 0 aliphatic carbocycles. The Morgan fingerprint density at radius 2 is 1.80 bits per heavy atom. The smallest absolute Gasteiger partial charge is 0.227 e. The van der Waals surface area contributed by atoms with Gasteiger partial charge in [-0.2, -0.15) is 0 Å². The summed E-state index contributed by atoms with van der Waals surface area (Å²) in [6, 6.07) is 11.5. The van der Waals surface area contributed by atoms with E-state index in [-0.39, 0.29) is 30.1 Å². The van der Waals surface area contributed by atoms with Crippen LogP contribution < -0.4 is 10.2 Å². The summed E-state index contributed by atoms with van der Waals surface area (Å²) < 4.78 is 26.6. The molecule has 160 valence electrons. The van der Waals surface area contributed by atoms with Crippen molar-refractivity contribution in [1.82, 2.24) is 5.32 Å². The number of nitrogens with one attached hydrogen (secondary N) is 1. The molecule has 2 atom stereocenters. The first-order chi connectivity index (χ1) is 14.2. The van der Waals surface area contributed by atoms with Gasteiger partial charge in [0.15, 0.2) is 11.6 Å². The van der Waals surface area contributed by atoms with Gasteiger partial charge in [-0.3, -0.25) is 9.59 Å². The highest BCUT2D eigenvalue weighted by Crippen LogP contribution is 2.26. The molecule has 30 heavy (non-hydrogen) atoms. The second-order valence-electron chi connectivity index (χ2n) is 8.48. The summed E-state index contributed by atoms with van der Waals surface area (Å²) in [5.74, 6) is -1.96. The van der Waals surface area contributed by atoms with Gasteiger partial charge in [-0.1, -0.05) is 38.1 Å². The van der Waals surface area contributed by atoms with Crippen LogP contribution in [0.3, 0.4) is 0 Å². The topological polar surface area (TPSA) is 49.4 Å². The van der Waals surface area contributed by atoms with Crippen molar-refractivity contribution < 1.29 is 18.4 Å². The van der Waals surface area contributed by atoms with Crippen LogP contribution in [-0.4, -0.2) is 24.9 Å². The lowest BCUT2D eigenvalue weighted by molar-refractivity contribution is -0.122. The summed E-state index contributed by atoms with van der Waals surface area (Å²) in [6.45, 7) is 6.93. The van der Waals surface area contributed by atoms with Crippen molar-refractivity contribution in [3.8, 4) is 0 Å². The third kappa shape index (κ3) is 5.23. The molecular weight excluding hydrogens is 386 g/mol. The number of amides is 2. The van der Waals surface area contributed by atoms with E-state index in [2.05, 4.69) is 31.3 Å². The molecule has 3 rings (SSSR count). The predicted octanol–water partition coefficient (Wildman–Crippen LogP) is 4.44. The number of nitrogens with zero attached hydrogens (tertiary/aromatic N) is 1. The Bertz CT molecular complexity index is 912. The van der Waals surface area contributed by atoms with Crippen LogP contribution in [0.15, 0.2) is 42.5 Å². The van der Waals surface area contributed by atoms with Gasteiger partial charge in [0.05, 0.1) is 5.92 Å². The predicted molar refractivity (Wildman–Crippen MR) is 113 cm³/mol. The van der Waals surface area contributed by atoms with Gasteiger partial charge in [0, 0.05) is 37.2 Å². The molecule has 0 bridgehead atoms. The number of hydrogen-bond donors (Lipinski definition) is 1. The van der Waals surface area contributed by atoms with Gasteiger partial charge < -0.3 is 10.2 Å². The first kappa shape index (κ1) is 21.9. The van der Waals surface area contributed by atoms with E-state index >= 15 is 0 Å². The number of anilines is 1. The van der Waals surface area contributed by atoms with Crippen molar-refractivity contribution in [3.63, 3.8) is 0 Å². The number of rotatable bonds is 7. The second kappa shape index (κ2) is 9.37. The monoisotopic (exact) mass is 414 g/mol. The SMILES string of the molecule is CC(C)Cc1ccc(C(C)C(=O)NCC2CC(=O)N(c3ccc(F)c(F)c3)C2)cc1. The minimum atomic E-state index is -0.981. The normalized spacial score (nSPS) is 17.5. The maximum absolute atomic E-state index is 13.5. The third-order valence-electron chi connectivity index (χ3n) is 5.50. The van der Waals surface area contributed by atoms with E-state index in [1.54, 1.807) is 0 Å². The lowest BCUT2D eigenvalue weighted by Crippen LogP contribution is -2.33. The molecule has 0 spiro atoms. The molecule has 2 aromatic carbocycles. The van der Waals surface area contributed by atoms with Crippen molar-refractivity contribution >= 4 is 17.5 Å². The van der Waals surface area contributed by atoms with Crippen LogP contribution in [0.2, 0.25) is 0 Å². The van der Waals surface area contributed by atoms with Gasteiger partial charge >= 0.3 is 0 Å². The summed E-state index contributed by atoms with van der Waals surface area (Å²) in [4.78, 5) is 26.3. The molecule has 2 amide bonds. The first-order valence-corrected chi connectivity index (χ1v) is 10.4. The van der Waals surface area contributed by atoms with Gasteiger partial charge in [-0.05, 0) is 42.5 Å². The van der Waals surface area contributed by atoms with E-state index in [1.165, 1.54) is 16.5 Å². The summed E-state index contributed by atoms with van der Waals surface area (Å²) in [5, 5.41) is 2.93. The fourth-order valence-corrected chi connectivity index (χ4v) is 3.78. The van der Waals surface area contributed by atoms with E-state index in [0.717, 1.165) is 24.1 Å². The molecule has 1 aliphatic heterocycles. The largest absolute Gasteiger partial charge is 0.355 e. The fourth-order valence-electron chi connectivity index (χ4n) is 3.78. The molecule has 2 unspecified atom stereocenters. The second-order valence-corrected chi connectivity index (χ2v) is 8.48. The highest BCUT2D eigenvalue weighted by atomic mass is 19.2. The zero-order chi connectivity index (χ0) is 21.8. The summed E-state index contributed by atoms with van der Waals surface area (Å²) in [6.07, 6.45) is 1.27. The van der Waals surface area contributed by atoms with Crippen molar-refractivity contribution in [2.45, 2.75) is 39.5 Å². The van der Waals surface area contributed by atoms with Gasteiger partial charge in [-0.15, -0.1) is 0 Å². The Hall–Kier alpha value is -2.76. The quantitative estimate of drug-likeness (QED) is 0.728. The van der Waals surface area contributed by atoms with Crippen molar-refractivity contribution in [2.24, 2.45) is 11.8 Å². The average Bonchev–Trinajstić information content (AvgIpc) is 3.08. The average molecular weight is 414 g/mol. The van der Waals surface area contributed by atoms with Gasteiger partial charge in [0.2, 0.25) is 11.8 Å². The Labute approximate surface area is 176 Å². The first-order valence-electron chi connectivity index (χ1n) is 10.4. The lowest BCUT2D eigenvalue weighted by Gasteiger charge is -2.18. The van der Waals surface area contributed by atoms with Crippen LogP contribution in [0.5, 0.6) is 0 Å². The number of benzene rings is 2. The molecule has 4 nitrogen and oxygen atoms in total. The van der Waals surface area contributed by atoms with Crippen molar-refractivity contribution in [3.05, 3.63) is 65.2 Å². The molecule has 0 saturated carbocycles. The molecule has 0 radical (unpaired) electrons. The Kier molecular flexibility index (Phi) is 6.85. The van der Waals surface area contributed by atoms with Crippen LogP contribution in [-0.2, 0) is 16.0 Å². The van der Waals surface area contributed by atoms with E-state index in [4.69, 9.17) is 0 Å². The summed E-state index contributed by atoms with van der Waals surface area (Å²) in [5.41, 5.74) is 2.54.